The van der Waals surface area contributed by atoms with Crippen LogP contribution in [0.15, 0.2) is 40.0 Å². The van der Waals surface area contributed by atoms with Crippen LogP contribution in [0.2, 0.25) is 5.02 Å². The van der Waals surface area contributed by atoms with Crippen molar-refractivity contribution < 1.29 is 8.81 Å². The molecule has 2 heterocycles. The lowest BCUT2D eigenvalue weighted by atomic mass is 10.2. The lowest BCUT2D eigenvalue weighted by molar-refractivity contribution is 0.436. The molecule has 2 aromatic heterocycles. The van der Waals surface area contributed by atoms with E-state index in [0.29, 0.717) is 22.4 Å². The highest BCUT2D eigenvalue weighted by Gasteiger charge is 2.14. The number of thioether (sulfide) groups is 1. The number of nitrogens with zero attached hydrogens (tertiary/aromatic N) is 4. The van der Waals surface area contributed by atoms with E-state index in [-0.39, 0.29) is 16.9 Å². The Morgan fingerprint density at radius 2 is 2.12 bits per heavy atom. The Balaban J connectivity index is 1.72. The van der Waals surface area contributed by atoms with Crippen molar-refractivity contribution in [3.8, 4) is 11.3 Å². The molecular weight excluding hydrogens is 376 g/mol. The predicted octanol–water partition coefficient (Wildman–Crippen LogP) is 4.26. The first-order valence-electron chi connectivity index (χ1n) is 6.64. The summed E-state index contributed by atoms with van der Waals surface area (Å²) in [7, 11) is 0. The third-order valence-corrected chi connectivity index (χ3v) is 4.09. The fourth-order valence-electron chi connectivity index (χ4n) is 1.83. The normalized spacial score (nSPS) is 12.3. The summed E-state index contributed by atoms with van der Waals surface area (Å²) in [6.07, 6.45) is 1.60. The lowest BCUT2D eigenvalue weighted by Crippen LogP contribution is -2.04. The van der Waals surface area contributed by atoms with Crippen molar-refractivity contribution in [1.29, 1.82) is 0 Å². The molecule has 0 spiro atoms. The number of hydrogen-bond acceptors (Lipinski definition) is 7. The van der Waals surface area contributed by atoms with Crippen molar-refractivity contribution in [2.75, 3.05) is 5.73 Å². The average molecular weight is 386 g/mol. The maximum atomic E-state index is 13.1. The molecule has 0 saturated heterocycles. The van der Waals surface area contributed by atoms with Crippen LogP contribution in [-0.2, 0) is 5.75 Å². The Morgan fingerprint density at radius 3 is 2.88 bits per heavy atom. The summed E-state index contributed by atoms with van der Waals surface area (Å²) in [5, 5.41) is 0.846. The van der Waals surface area contributed by atoms with Gasteiger partial charge in [0.2, 0.25) is 17.5 Å². The third-order valence-electron chi connectivity index (χ3n) is 2.83. The van der Waals surface area contributed by atoms with E-state index in [4.69, 9.17) is 33.4 Å². The number of alkyl halides is 2. The van der Waals surface area contributed by atoms with Gasteiger partial charge < -0.3 is 10.2 Å². The number of hydrogen-bond donors (Lipinski definition) is 1. The molecule has 124 valence electrons. The Bertz CT molecular complexity index is 861. The summed E-state index contributed by atoms with van der Waals surface area (Å²) < 4.78 is 18.7. The van der Waals surface area contributed by atoms with Gasteiger partial charge >= 0.3 is 0 Å². The second-order valence-corrected chi connectivity index (χ2v) is 6.31. The van der Waals surface area contributed by atoms with Gasteiger partial charge in [-0.05, 0) is 12.1 Å². The number of oxazole rings is 1. The predicted molar refractivity (Wildman–Crippen MR) is 90.5 cm³/mol. The molecule has 0 fully saturated rings. The monoisotopic (exact) mass is 385 g/mol. The fraction of sp³-hybridized carbons (Fsp3) is 0.143. The van der Waals surface area contributed by atoms with Crippen molar-refractivity contribution in [3.63, 3.8) is 0 Å². The van der Waals surface area contributed by atoms with Gasteiger partial charge in [0.15, 0.2) is 16.7 Å². The third kappa shape index (κ3) is 4.14. The van der Waals surface area contributed by atoms with Crippen LogP contribution in [-0.4, -0.2) is 19.9 Å². The molecule has 1 unspecified atom stereocenters. The first-order chi connectivity index (χ1) is 11.5. The maximum Gasteiger partial charge on any atom is 0.232 e. The molecule has 1 aromatic carbocycles. The van der Waals surface area contributed by atoms with Crippen molar-refractivity contribution in [2.24, 2.45) is 0 Å². The molecule has 3 aromatic rings. The van der Waals surface area contributed by atoms with Crippen molar-refractivity contribution in [2.45, 2.75) is 16.5 Å². The quantitative estimate of drug-likeness (QED) is 0.517. The Labute approximate surface area is 150 Å². The second-order valence-electron chi connectivity index (χ2n) is 4.55. The van der Waals surface area contributed by atoms with Crippen LogP contribution in [0.5, 0.6) is 0 Å². The smallest absolute Gasteiger partial charge is 0.232 e. The Kier molecular flexibility index (Phi) is 5.17. The minimum Gasteiger partial charge on any atom is -0.440 e. The molecule has 10 heteroatoms. The molecular formula is C14H10Cl2FN5OS. The van der Waals surface area contributed by atoms with Gasteiger partial charge in [-0.1, -0.05) is 47.1 Å². The van der Waals surface area contributed by atoms with E-state index in [1.807, 2.05) is 12.1 Å². The molecule has 0 radical (unpaired) electrons. The lowest BCUT2D eigenvalue weighted by Gasteiger charge is -2.03. The minimum absolute atomic E-state index is 0.0992. The van der Waals surface area contributed by atoms with E-state index >= 15 is 0 Å². The van der Waals surface area contributed by atoms with E-state index < -0.39 is 5.63 Å². The van der Waals surface area contributed by atoms with Crippen LogP contribution in [0.4, 0.5) is 10.3 Å². The highest BCUT2D eigenvalue weighted by atomic mass is 35.5. The number of nitrogens with two attached hydrogens (primary N) is 1. The van der Waals surface area contributed by atoms with Crippen molar-refractivity contribution in [3.05, 3.63) is 47.2 Å². The molecule has 0 bridgehead atoms. The fourth-order valence-corrected chi connectivity index (χ4v) is 2.82. The van der Waals surface area contributed by atoms with Gasteiger partial charge in [-0.2, -0.15) is 9.97 Å². The van der Waals surface area contributed by atoms with E-state index in [1.54, 1.807) is 18.3 Å². The highest BCUT2D eigenvalue weighted by molar-refractivity contribution is 7.98. The van der Waals surface area contributed by atoms with Crippen LogP contribution >= 0.6 is 35.0 Å². The van der Waals surface area contributed by atoms with Gasteiger partial charge in [-0.15, -0.1) is 0 Å². The van der Waals surface area contributed by atoms with Gasteiger partial charge in [-0.3, -0.25) is 0 Å². The minimum atomic E-state index is -1.84. The van der Waals surface area contributed by atoms with Gasteiger partial charge in [0, 0.05) is 10.6 Å². The second kappa shape index (κ2) is 7.33. The summed E-state index contributed by atoms with van der Waals surface area (Å²) in [5.41, 5.74) is 4.49. The SMILES string of the molecule is Nc1nc(SCc2ncc(-c3cccc(Cl)c3)o2)nc(C(F)Cl)n1. The number of anilines is 1. The number of aromatic nitrogens is 4. The molecule has 0 aliphatic rings. The molecule has 0 saturated carbocycles. The first-order valence-corrected chi connectivity index (χ1v) is 8.44. The van der Waals surface area contributed by atoms with Crippen LogP contribution in [0.25, 0.3) is 11.3 Å². The van der Waals surface area contributed by atoms with E-state index in [9.17, 15) is 4.39 Å². The van der Waals surface area contributed by atoms with E-state index in [2.05, 4.69) is 19.9 Å². The molecule has 1 atom stereocenters. The molecule has 0 aliphatic heterocycles. The molecule has 24 heavy (non-hydrogen) atoms. The summed E-state index contributed by atoms with van der Waals surface area (Å²) in [6.45, 7) is 0. The van der Waals surface area contributed by atoms with Crippen LogP contribution in [0.1, 0.15) is 17.3 Å². The highest BCUT2D eigenvalue weighted by Crippen LogP contribution is 2.27. The zero-order valence-corrected chi connectivity index (χ0v) is 14.3. The summed E-state index contributed by atoms with van der Waals surface area (Å²) >= 11 is 12.5. The van der Waals surface area contributed by atoms with E-state index in [1.165, 1.54) is 11.8 Å². The molecule has 3 rings (SSSR count). The van der Waals surface area contributed by atoms with E-state index in [0.717, 1.165) is 5.56 Å². The summed E-state index contributed by atoms with van der Waals surface area (Å²) in [6, 6.07) is 7.24. The van der Waals surface area contributed by atoms with Gasteiger partial charge in [0.25, 0.3) is 0 Å². The van der Waals surface area contributed by atoms with Crippen LogP contribution in [0.3, 0.4) is 0 Å². The number of benzene rings is 1. The average Bonchev–Trinajstić information content (AvgIpc) is 3.01. The van der Waals surface area contributed by atoms with Gasteiger partial charge in [0.1, 0.15) is 0 Å². The zero-order valence-electron chi connectivity index (χ0n) is 12.0. The molecule has 0 aliphatic carbocycles. The number of halogens is 3. The summed E-state index contributed by atoms with van der Waals surface area (Å²) in [5.74, 6) is 1.06. The van der Waals surface area contributed by atoms with Crippen molar-refractivity contribution >= 4 is 40.9 Å². The topological polar surface area (TPSA) is 90.7 Å². The maximum absolute atomic E-state index is 13.1. The Hall–Kier alpha value is -1.90. The molecule has 0 amide bonds. The Morgan fingerprint density at radius 1 is 1.29 bits per heavy atom. The standard InChI is InChI=1S/C14H10Cl2FN5OS/c15-8-3-1-2-7(4-8)9-5-19-10(23-9)6-24-14-21-12(11(16)17)20-13(18)22-14/h1-5,11H,6H2,(H2,18,20,21,22). The van der Waals surface area contributed by atoms with Gasteiger partial charge in [0.05, 0.1) is 11.9 Å². The van der Waals surface area contributed by atoms with Crippen molar-refractivity contribution in [1.82, 2.24) is 19.9 Å². The van der Waals surface area contributed by atoms with Gasteiger partial charge in [-0.25, -0.2) is 14.4 Å². The zero-order chi connectivity index (χ0) is 17.1. The summed E-state index contributed by atoms with van der Waals surface area (Å²) in [4.78, 5) is 15.6. The van der Waals surface area contributed by atoms with Crippen LogP contribution in [0, 0.1) is 0 Å². The number of rotatable bonds is 5. The molecule has 2 N–H and O–H groups in total. The number of nitrogen functional groups attached to an aromatic ring is 1. The molecule has 6 nitrogen and oxygen atoms in total. The van der Waals surface area contributed by atoms with Crippen LogP contribution < -0.4 is 5.73 Å². The first kappa shape index (κ1) is 16.9. The largest absolute Gasteiger partial charge is 0.440 e.